The summed E-state index contributed by atoms with van der Waals surface area (Å²) in [6.07, 6.45) is 1.34. The minimum Gasteiger partial charge on any atom is -0.360 e. The summed E-state index contributed by atoms with van der Waals surface area (Å²) < 4.78 is 22.5. The molecule has 0 fully saturated rings. The Morgan fingerprint density at radius 3 is 2.33 bits per heavy atom. The van der Waals surface area contributed by atoms with Gasteiger partial charge in [0, 0.05) is 17.6 Å². The summed E-state index contributed by atoms with van der Waals surface area (Å²) in [5.41, 5.74) is 2.09. The van der Waals surface area contributed by atoms with Gasteiger partial charge in [-0.2, -0.15) is 5.26 Å². The number of hydrogen-bond donors (Lipinski definition) is 3. The lowest BCUT2D eigenvalue weighted by molar-refractivity contribution is -0.112. The molecule has 2 aromatic rings. The lowest BCUT2D eigenvalue weighted by Gasteiger charge is -2.12. The van der Waals surface area contributed by atoms with Gasteiger partial charge in [-0.15, -0.1) is 0 Å². The fraction of sp³-hybridized carbons (Fsp3) is 0.158. The van der Waals surface area contributed by atoms with Crippen molar-refractivity contribution in [3.05, 3.63) is 65.9 Å². The molecule has 0 bridgehead atoms. The molecule has 0 aliphatic carbocycles. The van der Waals surface area contributed by atoms with Crippen molar-refractivity contribution in [1.29, 1.82) is 5.26 Å². The number of carbonyl (C=O) groups excluding carboxylic acids is 1. The Hall–Kier alpha value is -3.15. The number of hydrogen-bond acceptors (Lipinski definition) is 5. The molecule has 0 aliphatic rings. The van der Waals surface area contributed by atoms with Crippen LogP contribution in [0.5, 0.6) is 0 Å². The number of benzene rings is 2. The first-order chi connectivity index (χ1) is 12.7. The highest BCUT2D eigenvalue weighted by atomic mass is 32.2. The van der Waals surface area contributed by atoms with E-state index >= 15 is 0 Å². The normalized spacial score (nSPS) is 11.7. The molecule has 1 amide bonds. The van der Waals surface area contributed by atoms with Gasteiger partial charge >= 0.3 is 0 Å². The van der Waals surface area contributed by atoms with Crippen molar-refractivity contribution in [2.75, 3.05) is 10.6 Å². The number of anilines is 2. The number of nitriles is 1. The third kappa shape index (κ3) is 5.41. The van der Waals surface area contributed by atoms with E-state index in [0.29, 0.717) is 5.69 Å². The number of nitrogens with zero attached hydrogens (tertiary/aromatic N) is 1. The molecular weight excluding hydrogens is 364 g/mol. The summed E-state index contributed by atoms with van der Waals surface area (Å²) in [6, 6.07) is 14.8. The Morgan fingerprint density at radius 1 is 1.15 bits per heavy atom. The molecule has 0 aromatic heterocycles. The van der Waals surface area contributed by atoms with Gasteiger partial charge in [0.25, 0.3) is 5.91 Å². The van der Waals surface area contributed by atoms with Crippen LogP contribution >= 0.6 is 0 Å². The van der Waals surface area contributed by atoms with Gasteiger partial charge in [0.2, 0.25) is 10.0 Å². The second-order valence-electron chi connectivity index (χ2n) is 6.08. The Kier molecular flexibility index (Phi) is 6.34. The lowest BCUT2D eigenvalue weighted by atomic mass is 10.0. The van der Waals surface area contributed by atoms with E-state index in [1.807, 2.05) is 44.2 Å². The molecule has 0 aliphatic heterocycles. The minimum atomic E-state index is -3.81. The molecule has 0 saturated heterocycles. The molecule has 27 heavy (non-hydrogen) atoms. The van der Waals surface area contributed by atoms with Gasteiger partial charge in [0.15, 0.2) is 0 Å². The molecule has 0 saturated carbocycles. The van der Waals surface area contributed by atoms with E-state index in [9.17, 15) is 18.5 Å². The monoisotopic (exact) mass is 384 g/mol. The molecule has 8 heteroatoms. The third-order valence-electron chi connectivity index (χ3n) is 3.76. The second kappa shape index (κ2) is 8.49. The van der Waals surface area contributed by atoms with Gasteiger partial charge in [-0.25, -0.2) is 13.6 Å². The fourth-order valence-electron chi connectivity index (χ4n) is 2.36. The van der Waals surface area contributed by atoms with Crippen LogP contribution in [0.4, 0.5) is 11.4 Å². The Labute approximate surface area is 158 Å². The third-order valence-corrected chi connectivity index (χ3v) is 4.69. The van der Waals surface area contributed by atoms with Crippen LogP contribution in [0.2, 0.25) is 0 Å². The first-order valence-electron chi connectivity index (χ1n) is 8.12. The Morgan fingerprint density at radius 2 is 1.78 bits per heavy atom. The van der Waals surface area contributed by atoms with Gasteiger partial charge in [0.05, 0.1) is 4.90 Å². The van der Waals surface area contributed by atoms with Crippen molar-refractivity contribution in [3.8, 4) is 6.07 Å². The maximum Gasteiger partial charge on any atom is 0.267 e. The highest BCUT2D eigenvalue weighted by molar-refractivity contribution is 7.89. The highest BCUT2D eigenvalue weighted by Crippen LogP contribution is 2.24. The van der Waals surface area contributed by atoms with Crippen LogP contribution in [0.15, 0.2) is 65.2 Å². The van der Waals surface area contributed by atoms with Crippen molar-refractivity contribution < 1.29 is 13.2 Å². The number of sulfonamides is 1. The zero-order valence-corrected chi connectivity index (χ0v) is 15.7. The maximum atomic E-state index is 12.3. The van der Waals surface area contributed by atoms with Gasteiger partial charge in [-0.05, 0) is 41.8 Å². The van der Waals surface area contributed by atoms with Crippen molar-refractivity contribution in [2.24, 2.45) is 5.14 Å². The van der Waals surface area contributed by atoms with Gasteiger partial charge in [-0.3, -0.25) is 4.79 Å². The fourth-order valence-corrected chi connectivity index (χ4v) is 2.87. The van der Waals surface area contributed by atoms with Crippen molar-refractivity contribution in [2.45, 2.75) is 24.7 Å². The molecule has 7 nitrogen and oxygen atoms in total. The first-order valence-corrected chi connectivity index (χ1v) is 9.67. The van der Waals surface area contributed by atoms with Crippen molar-refractivity contribution in [3.63, 3.8) is 0 Å². The van der Waals surface area contributed by atoms with Crippen LogP contribution in [-0.4, -0.2) is 14.3 Å². The largest absolute Gasteiger partial charge is 0.360 e. The smallest absolute Gasteiger partial charge is 0.267 e. The van der Waals surface area contributed by atoms with Crippen LogP contribution in [-0.2, 0) is 14.8 Å². The first kappa shape index (κ1) is 20.2. The molecule has 4 N–H and O–H groups in total. The van der Waals surface area contributed by atoms with E-state index in [-0.39, 0.29) is 16.4 Å². The number of nitrogens with two attached hydrogens (primary N) is 1. The standard InChI is InChI=1S/C19H20N4O3S/c1-13(2)17-5-3-4-6-18(17)22-12-14(11-20)19(24)23-15-7-9-16(10-8-15)27(21,25)26/h3-10,12-13,22H,1-2H3,(H,23,24)(H2,21,25,26)/b14-12-. The predicted molar refractivity (Wildman–Crippen MR) is 104 cm³/mol. The summed E-state index contributed by atoms with van der Waals surface area (Å²) in [5.74, 6) is -0.339. The molecule has 2 rings (SSSR count). The van der Waals surface area contributed by atoms with E-state index in [2.05, 4.69) is 10.6 Å². The molecular formula is C19H20N4O3S. The average molecular weight is 384 g/mol. The van der Waals surface area contributed by atoms with E-state index in [1.54, 1.807) is 0 Å². The minimum absolute atomic E-state index is 0.0662. The summed E-state index contributed by atoms with van der Waals surface area (Å²) in [6.45, 7) is 4.10. The summed E-state index contributed by atoms with van der Waals surface area (Å²) in [5, 5.41) is 19.8. The zero-order chi connectivity index (χ0) is 20.0. The van der Waals surface area contributed by atoms with Crippen LogP contribution in [0, 0.1) is 11.3 Å². The van der Waals surface area contributed by atoms with E-state index in [0.717, 1.165) is 11.3 Å². The van der Waals surface area contributed by atoms with Crippen LogP contribution in [0.3, 0.4) is 0 Å². The van der Waals surface area contributed by atoms with Crippen LogP contribution < -0.4 is 15.8 Å². The van der Waals surface area contributed by atoms with Crippen LogP contribution in [0.25, 0.3) is 0 Å². The summed E-state index contributed by atoms with van der Waals surface area (Å²) in [7, 11) is -3.81. The Balaban J connectivity index is 2.14. The predicted octanol–water partition coefficient (Wildman–Crippen LogP) is 2.92. The number of nitrogens with one attached hydrogen (secondary N) is 2. The molecule has 140 valence electrons. The second-order valence-corrected chi connectivity index (χ2v) is 7.64. The number of carbonyl (C=O) groups is 1. The molecule has 0 unspecified atom stereocenters. The average Bonchev–Trinajstić information content (AvgIpc) is 2.62. The maximum absolute atomic E-state index is 12.3. The SMILES string of the molecule is CC(C)c1ccccc1N/C=C(/C#N)C(=O)Nc1ccc(S(N)(=O)=O)cc1. The molecule has 0 atom stereocenters. The van der Waals surface area contributed by atoms with Crippen molar-refractivity contribution in [1.82, 2.24) is 0 Å². The number of amides is 1. The number of primary sulfonamides is 1. The van der Waals surface area contributed by atoms with Crippen molar-refractivity contribution >= 4 is 27.3 Å². The molecule has 0 heterocycles. The van der Waals surface area contributed by atoms with Gasteiger partial charge in [-0.1, -0.05) is 32.0 Å². The van der Waals surface area contributed by atoms with Gasteiger partial charge in [0.1, 0.15) is 11.6 Å². The lowest BCUT2D eigenvalue weighted by Crippen LogP contribution is -2.15. The number of rotatable bonds is 6. The summed E-state index contributed by atoms with van der Waals surface area (Å²) in [4.78, 5) is 12.2. The van der Waals surface area contributed by atoms with E-state index in [1.165, 1.54) is 30.5 Å². The van der Waals surface area contributed by atoms with E-state index < -0.39 is 15.9 Å². The van der Waals surface area contributed by atoms with E-state index in [4.69, 9.17) is 5.14 Å². The Bertz CT molecular complexity index is 1000. The molecule has 0 spiro atoms. The molecule has 2 aromatic carbocycles. The topological polar surface area (TPSA) is 125 Å². The summed E-state index contributed by atoms with van der Waals surface area (Å²) >= 11 is 0. The quantitative estimate of drug-likeness (QED) is 0.521. The molecule has 0 radical (unpaired) electrons. The number of para-hydroxylation sites is 1. The van der Waals surface area contributed by atoms with Gasteiger partial charge < -0.3 is 10.6 Å². The zero-order valence-electron chi connectivity index (χ0n) is 14.9. The highest BCUT2D eigenvalue weighted by Gasteiger charge is 2.12. The van der Waals surface area contributed by atoms with Crippen LogP contribution in [0.1, 0.15) is 25.3 Å².